The molecule has 0 spiro atoms. The van der Waals surface area contributed by atoms with Crippen LogP contribution in [0.3, 0.4) is 0 Å². The van der Waals surface area contributed by atoms with E-state index in [4.69, 9.17) is 5.11 Å². The Bertz CT molecular complexity index is 561. The first-order chi connectivity index (χ1) is 9.88. The Morgan fingerprint density at radius 2 is 2.05 bits per heavy atom. The van der Waals surface area contributed by atoms with Crippen molar-refractivity contribution in [3.8, 4) is 5.75 Å². The summed E-state index contributed by atoms with van der Waals surface area (Å²) in [6.07, 6.45) is 0. The number of nitrogens with zero attached hydrogens (tertiary/aromatic N) is 2. The minimum atomic E-state index is -1.21. The number of anilines is 1. The molecule has 114 valence electrons. The SMILES string of the molecule is CC1CN(C(=O)Nc2ccc(C(=O)O)c(O)c2)CCN1C. The van der Waals surface area contributed by atoms with Crippen LogP contribution in [0.4, 0.5) is 10.5 Å². The van der Waals surface area contributed by atoms with E-state index in [9.17, 15) is 14.7 Å². The summed E-state index contributed by atoms with van der Waals surface area (Å²) >= 11 is 0. The zero-order valence-corrected chi connectivity index (χ0v) is 12.0. The average molecular weight is 293 g/mol. The van der Waals surface area contributed by atoms with Gasteiger partial charge in [-0.25, -0.2) is 9.59 Å². The van der Waals surface area contributed by atoms with Crippen LogP contribution in [0.1, 0.15) is 17.3 Å². The van der Waals surface area contributed by atoms with Crippen LogP contribution in [0.25, 0.3) is 0 Å². The largest absolute Gasteiger partial charge is 0.507 e. The molecule has 0 aliphatic carbocycles. The Morgan fingerprint density at radius 3 is 2.62 bits per heavy atom. The van der Waals surface area contributed by atoms with Crippen molar-refractivity contribution in [2.24, 2.45) is 0 Å². The summed E-state index contributed by atoms with van der Waals surface area (Å²) in [5, 5.41) is 21.1. The van der Waals surface area contributed by atoms with Crippen molar-refractivity contribution >= 4 is 17.7 Å². The van der Waals surface area contributed by atoms with Gasteiger partial charge in [-0.1, -0.05) is 0 Å². The van der Waals surface area contributed by atoms with Gasteiger partial charge in [-0.15, -0.1) is 0 Å². The normalized spacial score (nSPS) is 19.3. The Hall–Kier alpha value is -2.28. The van der Waals surface area contributed by atoms with Crippen LogP contribution in [0, 0.1) is 0 Å². The lowest BCUT2D eigenvalue weighted by Gasteiger charge is -2.37. The number of urea groups is 1. The molecule has 0 aromatic heterocycles. The molecule has 0 bridgehead atoms. The minimum Gasteiger partial charge on any atom is -0.507 e. The number of piperazine rings is 1. The molecular weight excluding hydrogens is 274 g/mol. The van der Waals surface area contributed by atoms with Gasteiger partial charge in [0.05, 0.1) is 0 Å². The van der Waals surface area contributed by atoms with Crippen LogP contribution >= 0.6 is 0 Å². The number of hydrogen-bond acceptors (Lipinski definition) is 4. The fourth-order valence-electron chi connectivity index (χ4n) is 2.23. The zero-order chi connectivity index (χ0) is 15.6. The van der Waals surface area contributed by atoms with Crippen LogP contribution < -0.4 is 5.32 Å². The first-order valence-corrected chi connectivity index (χ1v) is 6.71. The first-order valence-electron chi connectivity index (χ1n) is 6.71. The molecule has 1 saturated heterocycles. The predicted molar refractivity (Wildman–Crippen MR) is 77.7 cm³/mol. The lowest BCUT2D eigenvalue weighted by atomic mass is 10.2. The van der Waals surface area contributed by atoms with Crippen molar-refractivity contribution < 1.29 is 19.8 Å². The summed E-state index contributed by atoms with van der Waals surface area (Å²) in [5.41, 5.74) is 0.176. The van der Waals surface area contributed by atoms with E-state index in [1.807, 2.05) is 14.0 Å². The molecule has 7 heteroatoms. The Kier molecular flexibility index (Phi) is 4.32. The number of aromatic hydroxyl groups is 1. The molecule has 1 unspecified atom stereocenters. The summed E-state index contributed by atoms with van der Waals surface area (Å²) in [6.45, 7) is 4.11. The van der Waals surface area contributed by atoms with E-state index in [0.717, 1.165) is 6.54 Å². The number of aromatic carboxylic acids is 1. The summed E-state index contributed by atoms with van der Waals surface area (Å²) in [7, 11) is 2.02. The fraction of sp³-hybridized carbons (Fsp3) is 0.429. The number of nitrogens with one attached hydrogen (secondary N) is 1. The smallest absolute Gasteiger partial charge is 0.339 e. The minimum absolute atomic E-state index is 0.193. The molecule has 1 fully saturated rings. The number of carboxylic acids is 1. The van der Waals surface area contributed by atoms with Gasteiger partial charge in [-0.05, 0) is 26.1 Å². The van der Waals surface area contributed by atoms with Crippen LogP contribution in [-0.4, -0.2) is 64.7 Å². The predicted octanol–water partition coefficient (Wildman–Crippen LogP) is 1.26. The van der Waals surface area contributed by atoms with E-state index in [0.29, 0.717) is 18.8 Å². The highest BCUT2D eigenvalue weighted by Gasteiger charge is 2.24. The van der Waals surface area contributed by atoms with Crippen LogP contribution in [0.2, 0.25) is 0 Å². The Morgan fingerprint density at radius 1 is 1.33 bits per heavy atom. The molecule has 0 saturated carbocycles. The second kappa shape index (κ2) is 6.01. The maximum Gasteiger partial charge on any atom is 0.339 e. The Labute approximate surface area is 122 Å². The van der Waals surface area contributed by atoms with Crippen LogP contribution in [0.15, 0.2) is 18.2 Å². The van der Waals surface area contributed by atoms with Crippen molar-refractivity contribution in [1.82, 2.24) is 9.80 Å². The molecule has 1 aromatic carbocycles. The van der Waals surface area contributed by atoms with Gasteiger partial charge < -0.3 is 25.3 Å². The van der Waals surface area contributed by atoms with E-state index >= 15 is 0 Å². The van der Waals surface area contributed by atoms with Gasteiger partial charge in [0, 0.05) is 37.4 Å². The number of rotatable bonds is 2. The lowest BCUT2D eigenvalue weighted by Crippen LogP contribution is -2.53. The third kappa shape index (κ3) is 3.43. The van der Waals surface area contributed by atoms with E-state index in [1.165, 1.54) is 18.2 Å². The van der Waals surface area contributed by atoms with Crippen molar-refractivity contribution in [2.45, 2.75) is 13.0 Å². The second-order valence-electron chi connectivity index (χ2n) is 5.24. The Balaban J connectivity index is 2.03. The number of likely N-dealkylation sites (N-methyl/N-ethyl adjacent to an activating group) is 1. The van der Waals surface area contributed by atoms with Gasteiger partial charge in [0.2, 0.25) is 0 Å². The molecular formula is C14H19N3O4. The highest BCUT2D eigenvalue weighted by molar-refractivity contribution is 5.94. The molecule has 21 heavy (non-hydrogen) atoms. The van der Waals surface area contributed by atoms with Gasteiger partial charge in [-0.3, -0.25) is 0 Å². The quantitative estimate of drug-likeness (QED) is 0.763. The highest BCUT2D eigenvalue weighted by atomic mass is 16.4. The molecule has 1 heterocycles. The molecule has 7 nitrogen and oxygen atoms in total. The molecule has 1 atom stereocenters. The molecule has 2 rings (SSSR count). The number of carbonyl (C=O) groups excluding carboxylic acids is 1. The van der Waals surface area contributed by atoms with E-state index in [-0.39, 0.29) is 23.4 Å². The van der Waals surface area contributed by atoms with Crippen LogP contribution in [0.5, 0.6) is 5.75 Å². The molecule has 1 aromatic rings. The van der Waals surface area contributed by atoms with E-state index in [1.54, 1.807) is 4.90 Å². The number of carbonyl (C=O) groups is 2. The summed E-state index contributed by atoms with van der Waals surface area (Å²) in [4.78, 5) is 26.8. The fourth-order valence-corrected chi connectivity index (χ4v) is 2.23. The monoisotopic (exact) mass is 293 g/mol. The number of hydrogen-bond donors (Lipinski definition) is 3. The standard InChI is InChI=1S/C14H19N3O4/c1-9-8-17(6-5-16(9)2)14(21)15-10-3-4-11(13(19)20)12(18)7-10/h3-4,7,9,18H,5-6,8H2,1-2H3,(H,15,21)(H,19,20). The third-order valence-electron chi connectivity index (χ3n) is 3.73. The maximum atomic E-state index is 12.1. The van der Waals surface area contributed by atoms with Crippen molar-refractivity contribution in [2.75, 3.05) is 32.0 Å². The molecule has 0 radical (unpaired) electrons. The summed E-state index contributed by atoms with van der Waals surface area (Å²) in [6, 6.07) is 3.99. The average Bonchev–Trinajstić information content (AvgIpc) is 2.41. The number of carboxylic acid groups (broad SMARTS) is 1. The van der Waals surface area contributed by atoms with Gasteiger partial charge >= 0.3 is 12.0 Å². The topological polar surface area (TPSA) is 93.1 Å². The van der Waals surface area contributed by atoms with Gasteiger partial charge in [-0.2, -0.15) is 0 Å². The lowest BCUT2D eigenvalue weighted by molar-refractivity contribution is 0.0694. The first kappa shape index (κ1) is 15.1. The highest BCUT2D eigenvalue weighted by Crippen LogP contribution is 2.22. The summed E-state index contributed by atoms with van der Waals surface area (Å²) < 4.78 is 0. The van der Waals surface area contributed by atoms with Gasteiger partial charge in [0.1, 0.15) is 11.3 Å². The molecule has 1 aliphatic heterocycles. The molecule has 2 amide bonds. The van der Waals surface area contributed by atoms with Gasteiger partial charge in [0.15, 0.2) is 0 Å². The third-order valence-corrected chi connectivity index (χ3v) is 3.73. The van der Waals surface area contributed by atoms with E-state index < -0.39 is 5.97 Å². The molecule has 1 aliphatic rings. The van der Waals surface area contributed by atoms with Crippen molar-refractivity contribution in [3.63, 3.8) is 0 Å². The number of amides is 2. The van der Waals surface area contributed by atoms with Crippen molar-refractivity contribution in [3.05, 3.63) is 23.8 Å². The summed E-state index contributed by atoms with van der Waals surface area (Å²) in [5.74, 6) is -1.58. The van der Waals surface area contributed by atoms with Crippen molar-refractivity contribution in [1.29, 1.82) is 0 Å². The number of benzene rings is 1. The van der Waals surface area contributed by atoms with E-state index in [2.05, 4.69) is 10.2 Å². The number of phenols is 1. The van der Waals surface area contributed by atoms with Crippen LogP contribution in [-0.2, 0) is 0 Å². The maximum absolute atomic E-state index is 12.1. The zero-order valence-electron chi connectivity index (χ0n) is 12.0. The second-order valence-corrected chi connectivity index (χ2v) is 5.24. The van der Waals surface area contributed by atoms with Gasteiger partial charge in [0.25, 0.3) is 0 Å². The molecule has 3 N–H and O–H groups in total.